The third-order valence-corrected chi connectivity index (χ3v) is 5.03. The van der Waals surface area contributed by atoms with E-state index in [-0.39, 0.29) is 18.2 Å². The minimum Gasteiger partial charge on any atom is -0.358 e. The predicted octanol–water partition coefficient (Wildman–Crippen LogP) is 1.69. The second-order valence-electron chi connectivity index (χ2n) is 6.39. The van der Waals surface area contributed by atoms with Crippen LogP contribution in [0, 0.1) is 0 Å². The molecule has 3 N–H and O–H groups in total. The van der Waals surface area contributed by atoms with Crippen LogP contribution in [0.15, 0.2) is 18.2 Å². The second-order valence-corrected chi connectivity index (χ2v) is 6.83. The molecule has 2 aliphatic heterocycles. The molecule has 1 aromatic heterocycles. The van der Waals surface area contributed by atoms with Crippen molar-refractivity contribution >= 4 is 40.3 Å². The molecule has 0 aliphatic carbocycles. The molecule has 0 unspecified atom stereocenters. The highest BCUT2D eigenvalue weighted by Crippen LogP contribution is 2.30. The number of carbonyl (C=O) groups is 3. The van der Waals surface area contributed by atoms with Crippen LogP contribution in [0.4, 0.5) is 4.79 Å². The summed E-state index contributed by atoms with van der Waals surface area (Å²) in [7, 11) is 0. The molecule has 4 rings (SSSR count). The molecule has 8 heteroatoms. The molecule has 2 aromatic rings. The summed E-state index contributed by atoms with van der Waals surface area (Å²) < 4.78 is 0. The van der Waals surface area contributed by atoms with E-state index in [1.807, 2.05) is 18.2 Å². The van der Waals surface area contributed by atoms with Crippen molar-refractivity contribution < 1.29 is 14.4 Å². The van der Waals surface area contributed by atoms with Gasteiger partial charge in [-0.2, -0.15) is 0 Å². The fourth-order valence-corrected chi connectivity index (χ4v) is 3.66. The summed E-state index contributed by atoms with van der Waals surface area (Å²) in [4.78, 5) is 40.4. The number of nitrogens with zero attached hydrogens (tertiary/aromatic N) is 1. The number of imide groups is 1. The van der Waals surface area contributed by atoms with Crippen LogP contribution in [0.5, 0.6) is 0 Å². The molecule has 0 radical (unpaired) electrons. The van der Waals surface area contributed by atoms with Crippen LogP contribution in [-0.4, -0.2) is 40.3 Å². The van der Waals surface area contributed by atoms with Gasteiger partial charge in [0.1, 0.15) is 6.04 Å². The molecule has 0 spiro atoms. The number of aromatic amines is 1. The summed E-state index contributed by atoms with van der Waals surface area (Å²) in [6.45, 7) is 1.16. The van der Waals surface area contributed by atoms with E-state index >= 15 is 0 Å². The number of hydrogen-bond donors (Lipinski definition) is 3. The van der Waals surface area contributed by atoms with Gasteiger partial charge in [0.15, 0.2) is 0 Å². The lowest BCUT2D eigenvalue weighted by molar-refractivity contribution is -0.132. The number of urea groups is 1. The SMILES string of the molecule is O=C1NC(=O)[C@@H](CCC(=O)N2CCc3[nH]c4ccc(Cl)cc4c3C2)N1. The molecule has 1 fully saturated rings. The number of rotatable bonds is 3. The second kappa shape index (κ2) is 6.07. The average Bonchev–Trinajstić information content (AvgIpc) is 3.11. The molecular formula is C17H17ClN4O3. The molecule has 0 bridgehead atoms. The van der Waals surface area contributed by atoms with Gasteiger partial charge in [-0.1, -0.05) is 11.6 Å². The Bertz CT molecular complexity index is 891. The first-order valence-corrected chi connectivity index (χ1v) is 8.57. The van der Waals surface area contributed by atoms with E-state index in [0.717, 1.165) is 28.6 Å². The third kappa shape index (κ3) is 2.95. The van der Waals surface area contributed by atoms with Crippen molar-refractivity contribution in [2.45, 2.75) is 31.8 Å². The largest absolute Gasteiger partial charge is 0.358 e. The van der Waals surface area contributed by atoms with Gasteiger partial charge in [0.05, 0.1) is 0 Å². The molecule has 3 heterocycles. The molecule has 1 atom stereocenters. The van der Waals surface area contributed by atoms with Crippen molar-refractivity contribution in [2.75, 3.05) is 6.54 Å². The van der Waals surface area contributed by atoms with Crippen LogP contribution in [0.3, 0.4) is 0 Å². The quantitative estimate of drug-likeness (QED) is 0.727. The zero-order valence-electron chi connectivity index (χ0n) is 13.4. The van der Waals surface area contributed by atoms with Gasteiger partial charge in [-0.05, 0) is 24.6 Å². The van der Waals surface area contributed by atoms with Gasteiger partial charge in [0.25, 0.3) is 5.91 Å². The van der Waals surface area contributed by atoms with Gasteiger partial charge in [-0.15, -0.1) is 0 Å². The number of halogens is 1. The van der Waals surface area contributed by atoms with Crippen LogP contribution in [0.1, 0.15) is 24.1 Å². The Morgan fingerprint density at radius 2 is 2.16 bits per heavy atom. The van der Waals surface area contributed by atoms with Crippen molar-refractivity contribution in [1.82, 2.24) is 20.5 Å². The summed E-state index contributed by atoms with van der Waals surface area (Å²) in [5.74, 6) is -0.388. The summed E-state index contributed by atoms with van der Waals surface area (Å²) in [5.41, 5.74) is 3.27. The van der Waals surface area contributed by atoms with Gasteiger partial charge < -0.3 is 15.2 Å². The van der Waals surface area contributed by atoms with Crippen molar-refractivity contribution in [3.63, 3.8) is 0 Å². The van der Waals surface area contributed by atoms with Gasteiger partial charge in [-0.3, -0.25) is 14.9 Å². The Morgan fingerprint density at radius 1 is 1.32 bits per heavy atom. The maximum Gasteiger partial charge on any atom is 0.322 e. The van der Waals surface area contributed by atoms with E-state index in [4.69, 9.17) is 11.6 Å². The highest BCUT2D eigenvalue weighted by Gasteiger charge is 2.31. The number of hydrogen-bond acceptors (Lipinski definition) is 3. The van der Waals surface area contributed by atoms with Crippen LogP contribution >= 0.6 is 11.6 Å². The summed E-state index contributed by atoms with van der Waals surface area (Å²) >= 11 is 6.10. The number of nitrogens with one attached hydrogen (secondary N) is 3. The van der Waals surface area contributed by atoms with Crippen LogP contribution in [0.2, 0.25) is 5.02 Å². The maximum atomic E-state index is 12.5. The van der Waals surface area contributed by atoms with Crippen molar-refractivity contribution in [3.05, 3.63) is 34.5 Å². The van der Waals surface area contributed by atoms with Crippen LogP contribution in [-0.2, 0) is 22.6 Å². The first kappa shape index (κ1) is 16.0. The molecule has 2 aliphatic rings. The zero-order chi connectivity index (χ0) is 17.6. The van der Waals surface area contributed by atoms with Crippen molar-refractivity contribution in [3.8, 4) is 0 Å². The number of benzene rings is 1. The predicted molar refractivity (Wildman–Crippen MR) is 92.1 cm³/mol. The highest BCUT2D eigenvalue weighted by molar-refractivity contribution is 6.31. The maximum absolute atomic E-state index is 12.5. The molecule has 0 saturated carbocycles. The average molecular weight is 361 g/mol. The molecule has 25 heavy (non-hydrogen) atoms. The van der Waals surface area contributed by atoms with Crippen LogP contribution in [0.25, 0.3) is 10.9 Å². The normalized spacial score (nSPS) is 19.7. The standard InChI is InChI=1S/C17H17ClN4O3/c18-9-1-2-12-10(7-9)11-8-22(6-5-13(11)19-12)15(23)4-3-14-16(24)21-17(25)20-14/h1-2,7,14,19H,3-6,8H2,(H2,20,21,24,25)/t14-/m1/s1. The third-order valence-electron chi connectivity index (χ3n) is 4.80. The van der Waals surface area contributed by atoms with E-state index in [1.54, 1.807) is 4.90 Å². The Morgan fingerprint density at radius 3 is 2.92 bits per heavy atom. The first-order valence-electron chi connectivity index (χ1n) is 8.19. The minimum absolute atomic E-state index is 0.0176. The monoisotopic (exact) mass is 360 g/mol. The fraction of sp³-hybridized carbons (Fsp3) is 0.353. The molecule has 1 aromatic carbocycles. The molecule has 130 valence electrons. The molecule has 1 saturated heterocycles. The number of carbonyl (C=O) groups excluding carboxylic acids is 3. The van der Waals surface area contributed by atoms with Gasteiger partial charge >= 0.3 is 6.03 Å². The number of aromatic nitrogens is 1. The van der Waals surface area contributed by atoms with Gasteiger partial charge in [0.2, 0.25) is 5.91 Å². The lowest BCUT2D eigenvalue weighted by Crippen LogP contribution is -2.37. The van der Waals surface area contributed by atoms with Gasteiger partial charge in [0, 0.05) is 53.1 Å². The van der Waals surface area contributed by atoms with E-state index in [1.165, 1.54) is 0 Å². The van der Waals surface area contributed by atoms with Crippen molar-refractivity contribution in [1.29, 1.82) is 0 Å². The van der Waals surface area contributed by atoms with E-state index in [0.29, 0.717) is 24.5 Å². The summed E-state index contributed by atoms with van der Waals surface area (Å²) in [6.07, 6.45) is 1.28. The zero-order valence-corrected chi connectivity index (χ0v) is 14.2. The Balaban J connectivity index is 1.45. The lowest BCUT2D eigenvalue weighted by atomic mass is 10.0. The number of H-pyrrole nitrogens is 1. The first-order chi connectivity index (χ1) is 12.0. The van der Waals surface area contributed by atoms with Crippen LogP contribution < -0.4 is 10.6 Å². The van der Waals surface area contributed by atoms with E-state index < -0.39 is 12.1 Å². The summed E-state index contributed by atoms with van der Waals surface area (Å²) in [6, 6.07) is 4.59. The molecule has 7 nitrogen and oxygen atoms in total. The Labute approximate surface area is 148 Å². The fourth-order valence-electron chi connectivity index (χ4n) is 3.49. The lowest BCUT2D eigenvalue weighted by Gasteiger charge is -2.27. The highest BCUT2D eigenvalue weighted by atomic mass is 35.5. The smallest absolute Gasteiger partial charge is 0.322 e. The topological polar surface area (TPSA) is 94.3 Å². The van der Waals surface area contributed by atoms with Gasteiger partial charge in [-0.25, -0.2) is 4.79 Å². The van der Waals surface area contributed by atoms with E-state index in [9.17, 15) is 14.4 Å². The minimum atomic E-state index is -0.622. The Kier molecular flexibility index (Phi) is 3.88. The number of fused-ring (bicyclic) bond motifs is 3. The number of amides is 4. The van der Waals surface area contributed by atoms with E-state index in [2.05, 4.69) is 15.6 Å². The summed E-state index contributed by atoms with van der Waals surface area (Å²) in [5, 5.41) is 6.40. The molecular weight excluding hydrogens is 344 g/mol. The van der Waals surface area contributed by atoms with Crippen molar-refractivity contribution in [2.24, 2.45) is 0 Å². The molecule has 4 amide bonds. The Hall–Kier alpha value is -2.54.